The van der Waals surface area contributed by atoms with E-state index in [1.54, 1.807) is 0 Å². The van der Waals surface area contributed by atoms with E-state index in [1.807, 2.05) is 0 Å². The topological polar surface area (TPSA) is 78.9 Å². The van der Waals surface area contributed by atoms with Crippen molar-refractivity contribution in [2.24, 2.45) is 0 Å². The van der Waals surface area contributed by atoms with Crippen LogP contribution in [-0.4, -0.2) is 37.2 Å². The summed E-state index contributed by atoms with van der Waals surface area (Å²) in [5, 5.41) is 0. The second-order valence-corrected chi connectivity index (χ2v) is 23.5. The maximum Gasteiger partial charge on any atom is 0.306 e. The molecule has 6 heteroatoms. The molecule has 0 aromatic carbocycles. The fraction of sp³-hybridized carbons (Fsp3) is 0.873. The molecule has 1 unspecified atom stereocenters. The molecule has 0 spiro atoms. The minimum atomic E-state index is -0.765. The molecule has 77 heavy (non-hydrogen) atoms. The predicted octanol–water partition coefficient (Wildman–Crippen LogP) is 23.6. The molecule has 1 atom stereocenters. The Morgan fingerprint density at radius 1 is 0.260 bits per heavy atom. The van der Waals surface area contributed by atoms with E-state index < -0.39 is 6.10 Å². The highest BCUT2D eigenvalue weighted by Gasteiger charge is 2.19. The van der Waals surface area contributed by atoms with Crippen LogP contribution >= 0.6 is 0 Å². The summed E-state index contributed by atoms with van der Waals surface area (Å²) in [5.74, 6) is -0.849. The number of unbranched alkanes of at least 4 members (excludes halogenated alkanes) is 47. The van der Waals surface area contributed by atoms with Crippen LogP contribution in [0.5, 0.6) is 0 Å². The van der Waals surface area contributed by atoms with Crippen molar-refractivity contribution < 1.29 is 28.6 Å². The molecular formula is C71H132O6. The highest BCUT2D eigenvalue weighted by Crippen LogP contribution is 2.18. The van der Waals surface area contributed by atoms with Gasteiger partial charge in [0.05, 0.1) is 0 Å². The summed E-state index contributed by atoms with van der Waals surface area (Å²) >= 11 is 0. The fourth-order valence-electron chi connectivity index (χ4n) is 10.5. The van der Waals surface area contributed by atoms with Gasteiger partial charge in [0.25, 0.3) is 0 Å². The van der Waals surface area contributed by atoms with Crippen LogP contribution in [0.4, 0.5) is 0 Å². The van der Waals surface area contributed by atoms with Gasteiger partial charge in [-0.05, 0) is 57.8 Å². The normalized spacial score (nSPS) is 12.2. The van der Waals surface area contributed by atoms with Crippen molar-refractivity contribution in [2.75, 3.05) is 13.2 Å². The van der Waals surface area contributed by atoms with Crippen molar-refractivity contribution in [3.05, 3.63) is 36.5 Å². The summed E-state index contributed by atoms with van der Waals surface area (Å²) in [5.41, 5.74) is 0. The van der Waals surface area contributed by atoms with Gasteiger partial charge in [0.2, 0.25) is 0 Å². The van der Waals surface area contributed by atoms with Gasteiger partial charge in [0.1, 0.15) is 13.2 Å². The van der Waals surface area contributed by atoms with E-state index in [4.69, 9.17) is 14.2 Å². The highest BCUT2D eigenvalue weighted by molar-refractivity contribution is 5.71. The van der Waals surface area contributed by atoms with Crippen molar-refractivity contribution in [3.63, 3.8) is 0 Å². The molecule has 0 amide bonds. The van der Waals surface area contributed by atoms with Crippen LogP contribution in [0.3, 0.4) is 0 Å². The average Bonchev–Trinajstić information content (AvgIpc) is 3.43. The van der Waals surface area contributed by atoms with E-state index in [0.29, 0.717) is 19.3 Å². The second kappa shape index (κ2) is 66.1. The van der Waals surface area contributed by atoms with Gasteiger partial charge >= 0.3 is 17.9 Å². The van der Waals surface area contributed by atoms with Gasteiger partial charge < -0.3 is 14.2 Å². The molecule has 452 valence electrons. The van der Waals surface area contributed by atoms with E-state index >= 15 is 0 Å². The standard InChI is InChI=1S/C71H132O6/c1-4-7-10-13-16-18-20-22-24-26-28-30-31-32-33-34-35-36-37-38-39-40-41-42-44-45-47-49-51-53-55-58-61-64-70(73)76-67-68(66-75-69(72)63-60-57-15-12-9-6-3)77-71(74)65-62-59-56-54-52-50-48-46-43-29-27-25-23-21-19-17-14-11-8-5-2/h20,22,26,28,31-32,68H,4-19,21,23-25,27,29-30,33-67H2,1-3H3/b22-20-,28-26-,32-31-. The van der Waals surface area contributed by atoms with Crippen molar-refractivity contribution in [1.82, 2.24) is 0 Å². The summed E-state index contributed by atoms with van der Waals surface area (Å²) in [6.07, 6.45) is 82.2. The quantitative estimate of drug-likeness (QED) is 0.0261. The smallest absolute Gasteiger partial charge is 0.306 e. The Bertz CT molecular complexity index is 1290. The third kappa shape index (κ3) is 64.3. The molecule has 0 bridgehead atoms. The number of esters is 3. The number of ether oxygens (including phenoxy) is 3. The number of hydrogen-bond donors (Lipinski definition) is 0. The first-order valence-corrected chi connectivity index (χ1v) is 34.5. The minimum Gasteiger partial charge on any atom is -0.462 e. The molecule has 0 N–H and O–H groups in total. The minimum absolute atomic E-state index is 0.0658. The molecule has 0 aliphatic heterocycles. The zero-order valence-electron chi connectivity index (χ0n) is 52.0. The Balaban J connectivity index is 3.95. The summed E-state index contributed by atoms with van der Waals surface area (Å²) in [6.45, 7) is 6.63. The lowest BCUT2D eigenvalue weighted by Gasteiger charge is -2.18. The molecular weight excluding hydrogens is 949 g/mol. The van der Waals surface area contributed by atoms with E-state index in [0.717, 1.165) is 70.6 Å². The molecule has 0 fully saturated rings. The van der Waals surface area contributed by atoms with Crippen LogP contribution in [0.1, 0.15) is 380 Å². The van der Waals surface area contributed by atoms with Crippen LogP contribution in [0.25, 0.3) is 0 Å². The number of carbonyl (C=O) groups excluding carboxylic acids is 3. The van der Waals surface area contributed by atoms with Crippen molar-refractivity contribution >= 4 is 17.9 Å². The lowest BCUT2D eigenvalue weighted by Crippen LogP contribution is -2.30. The second-order valence-electron chi connectivity index (χ2n) is 23.5. The van der Waals surface area contributed by atoms with Gasteiger partial charge in [-0.2, -0.15) is 0 Å². The highest BCUT2D eigenvalue weighted by atomic mass is 16.6. The molecule has 0 rings (SSSR count). The third-order valence-corrected chi connectivity index (χ3v) is 15.6. The van der Waals surface area contributed by atoms with E-state index in [9.17, 15) is 14.4 Å². The largest absolute Gasteiger partial charge is 0.462 e. The zero-order valence-corrected chi connectivity index (χ0v) is 52.0. The third-order valence-electron chi connectivity index (χ3n) is 15.6. The Morgan fingerprint density at radius 3 is 0.727 bits per heavy atom. The number of carbonyl (C=O) groups is 3. The lowest BCUT2D eigenvalue weighted by atomic mass is 10.0. The first-order chi connectivity index (χ1) is 38.0. The van der Waals surface area contributed by atoms with Crippen molar-refractivity contribution in [1.29, 1.82) is 0 Å². The van der Waals surface area contributed by atoms with Crippen LogP contribution in [0.2, 0.25) is 0 Å². The summed E-state index contributed by atoms with van der Waals surface area (Å²) in [4.78, 5) is 38.0. The summed E-state index contributed by atoms with van der Waals surface area (Å²) < 4.78 is 16.8. The van der Waals surface area contributed by atoms with Gasteiger partial charge in [-0.1, -0.05) is 340 Å². The Morgan fingerprint density at radius 2 is 0.468 bits per heavy atom. The molecule has 6 nitrogen and oxygen atoms in total. The molecule has 0 aromatic heterocycles. The lowest BCUT2D eigenvalue weighted by molar-refractivity contribution is -0.167. The van der Waals surface area contributed by atoms with Crippen LogP contribution in [0, 0.1) is 0 Å². The molecule has 0 aromatic rings. The Hall–Kier alpha value is -2.37. The maximum absolute atomic E-state index is 12.9. The maximum atomic E-state index is 12.9. The number of hydrogen-bond acceptors (Lipinski definition) is 6. The van der Waals surface area contributed by atoms with Gasteiger partial charge in [-0.3, -0.25) is 14.4 Å². The zero-order chi connectivity index (χ0) is 55.7. The van der Waals surface area contributed by atoms with Crippen LogP contribution in [-0.2, 0) is 28.6 Å². The predicted molar refractivity (Wildman–Crippen MR) is 335 cm³/mol. The first kappa shape index (κ1) is 74.6. The van der Waals surface area contributed by atoms with E-state index in [-0.39, 0.29) is 31.1 Å². The summed E-state index contributed by atoms with van der Waals surface area (Å²) in [6, 6.07) is 0. The Kier molecular flexibility index (Phi) is 64.1. The molecule has 0 aliphatic rings. The SMILES string of the molecule is CCCCCCC/C=C\C/C=C\C/C=C\CCCCCCCCCCCCCCCCCCCCC(=O)OCC(COC(=O)CCCCCCCC)OC(=O)CCCCCCCCCCCCCCCCCCCCCC. The van der Waals surface area contributed by atoms with Gasteiger partial charge in [-0.15, -0.1) is 0 Å². The Labute approximate surface area is 480 Å². The molecule has 0 radical (unpaired) electrons. The van der Waals surface area contributed by atoms with Gasteiger partial charge in [0, 0.05) is 19.3 Å². The van der Waals surface area contributed by atoms with Crippen molar-refractivity contribution in [2.45, 2.75) is 386 Å². The molecule has 0 saturated heterocycles. The van der Waals surface area contributed by atoms with Gasteiger partial charge in [0.15, 0.2) is 6.10 Å². The first-order valence-electron chi connectivity index (χ1n) is 34.5. The molecule has 0 aliphatic carbocycles. The molecule has 0 saturated carbocycles. The van der Waals surface area contributed by atoms with Gasteiger partial charge in [-0.25, -0.2) is 0 Å². The monoisotopic (exact) mass is 1080 g/mol. The summed E-state index contributed by atoms with van der Waals surface area (Å²) in [7, 11) is 0. The number of allylic oxidation sites excluding steroid dienone is 6. The van der Waals surface area contributed by atoms with Crippen LogP contribution < -0.4 is 0 Å². The van der Waals surface area contributed by atoms with Crippen molar-refractivity contribution in [3.8, 4) is 0 Å². The molecule has 0 heterocycles. The van der Waals surface area contributed by atoms with E-state index in [1.165, 1.54) is 270 Å². The number of rotatable bonds is 64. The average molecular weight is 1080 g/mol. The van der Waals surface area contributed by atoms with Crippen LogP contribution in [0.15, 0.2) is 36.5 Å². The van der Waals surface area contributed by atoms with E-state index in [2.05, 4.69) is 57.2 Å². The fourth-order valence-corrected chi connectivity index (χ4v) is 10.5.